The van der Waals surface area contributed by atoms with Crippen LogP contribution in [0.5, 0.6) is 0 Å². The lowest BCUT2D eigenvalue weighted by Gasteiger charge is -2.48. The highest BCUT2D eigenvalue weighted by Crippen LogP contribution is 2.45. The minimum absolute atomic E-state index is 0.0276. The lowest BCUT2D eigenvalue weighted by atomic mass is 10.1. The lowest BCUT2D eigenvalue weighted by Crippen LogP contribution is -2.67. The number of nitrogens with two attached hydrogens (primary N) is 1. The number of β-lactam (4-membered cyclic amide) rings is 1. The Hall–Kier alpha value is -1.35. The van der Waals surface area contributed by atoms with Crippen LogP contribution in [0.2, 0.25) is 0 Å². The Labute approximate surface area is 153 Å². The zero-order chi connectivity index (χ0) is 16.8. The van der Waals surface area contributed by atoms with Gasteiger partial charge in [-0.1, -0.05) is 11.8 Å². The second-order valence-electron chi connectivity index (χ2n) is 5.80. The summed E-state index contributed by atoms with van der Waals surface area (Å²) in [5.74, 6) is 0.911. The molecule has 0 aromatic carbocycles. The van der Waals surface area contributed by atoms with Gasteiger partial charge in [0.1, 0.15) is 18.5 Å². The van der Waals surface area contributed by atoms with Crippen molar-refractivity contribution in [1.29, 1.82) is 0 Å². The van der Waals surface area contributed by atoms with E-state index < -0.39 is 0 Å². The van der Waals surface area contributed by atoms with Crippen LogP contribution in [-0.2, 0) is 11.8 Å². The molecule has 5 nitrogen and oxygen atoms in total. The Morgan fingerprint density at radius 2 is 2.17 bits per heavy atom. The minimum Gasteiger partial charge on any atom is -0.317 e. The SMILES string of the molecule is CC1=C(Sc2nc(-c3cc[n+](C)cc3)cs2)CS[C@@H]2[C@H](N)C(=O)N12. The maximum Gasteiger partial charge on any atom is 0.247 e. The van der Waals surface area contributed by atoms with Gasteiger partial charge in [0.05, 0.1) is 5.69 Å². The fourth-order valence-corrected chi connectivity index (χ4v) is 6.24. The molecule has 0 radical (unpaired) electrons. The first-order chi connectivity index (χ1) is 11.5. The number of aromatic nitrogens is 2. The van der Waals surface area contributed by atoms with Crippen molar-refractivity contribution >= 4 is 40.8 Å². The monoisotopic (exact) mass is 377 g/mol. The maximum absolute atomic E-state index is 11.9. The molecule has 2 aromatic rings. The molecule has 2 aliphatic rings. The summed E-state index contributed by atoms with van der Waals surface area (Å²) >= 11 is 5.04. The second-order valence-corrected chi connectivity index (χ2v) is 9.10. The number of thiazole rings is 1. The van der Waals surface area contributed by atoms with E-state index in [9.17, 15) is 4.79 Å². The predicted molar refractivity (Wildman–Crippen MR) is 98.4 cm³/mol. The Bertz CT molecular complexity index is 830. The van der Waals surface area contributed by atoms with E-state index in [0.29, 0.717) is 0 Å². The molecular formula is C16H17N4OS3+. The van der Waals surface area contributed by atoms with Crippen LogP contribution < -0.4 is 10.3 Å². The number of thioether (sulfide) groups is 2. The summed E-state index contributed by atoms with van der Waals surface area (Å²) in [4.78, 5) is 19.7. The number of hydrogen-bond acceptors (Lipinski definition) is 6. The second kappa shape index (κ2) is 6.18. The van der Waals surface area contributed by atoms with Gasteiger partial charge in [0.2, 0.25) is 5.91 Å². The third kappa shape index (κ3) is 2.67. The molecule has 8 heteroatoms. The van der Waals surface area contributed by atoms with Crippen molar-refractivity contribution in [2.24, 2.45) is 12.8 Å². The Morgan fingerprint density at radius 3 is 2.92 bits per heavy atom. The number of fused-ring (bicyclic) bond motifs is 1. The van der Waals surface area contributed by atoms with E-state index >= 15 is 0 Å². The average Bonchev–Trinajstić information content (AvgIpc) is 3.05. The Kier molecular flexibility index (Phi) is 4.16. The van der Waals surface area contributed by atoms with Gasteiger partial charge in [0, 0.05) is 39.4 Å². The molecule has 2 atom stereocenters. The predicted octanol–water partition coefficient (Wildman–Crippen LogP) is 2.20. The Balaban J connectivity index is 1.54. The zero-order valence-corrected chi connectivity index (χ0v) is 15.8. The van der Waals surface area contributed by atoms with Crippen LogP contribution >= 0.6 is 34.9 Å². The summed E-state index contributed by atoms with van der Waals surface area (Å²) < 4.78 is 3.01. The number of hydrogen-bond donors (Lipinski definition) is 1. The highest BCUT2D eigenvalue weighted by Gasteiger charge is 2.48. The van der Waals surface area contributed by atoms with Crippen molar-refractivity contribution in [3.05, 3.63) is 40.5 Å². The number of aryl methyl sites for hydroxylation is 1. The molecule has 1 amide bonds. The normalized spacial score (nSPS) is 23.3. The number of pyridine rings is 1. The fourth-order valence-electron chi connectivity index (χ4n) is 2.74. The molecule has 0 aliphatic carbocycles. The third-order valence-electron chi connectivity index (χ3n) is 4.20. The highest BCUT2D eigenvalue weighted by molar-refractivity contribution is 8.07. The van der Waals surface area contributed by atoms with Gasteiger partial charge in [-0.25, -0.2) is 9.55 Å². The van der Waals surface area contributed by atoms with Gasteiger partial charge in [0.25, 0.3) is 0 Å². The molecular weight excluding hydrogens is 360 g/mol. The van der Waals surface area contributed by atoms with Crippen molar-refractivity contribution in [3.8, 4) is 11.3 Å². The number of allylic oxidation sites excluding steroid dienone is 1. The molecule has 2 aromatic heterocycles. The molecule has 124 valence electrons. The number of rotatable bonds is 3. The number of amides is 1. The van der Waals surface area contributed by atoms with E-state index in [4.69, 9.17) is 10.7 Å². The van der Waals surface area contributed by atoms with Crippen molar-refractivity contribution in [2.75, 3.05) is 5.75 Å². The summed E-state index contributed by atoms with van der Waals surface area (Å²) in [6.45, 7) is 2.00. The van der Waals surface area contributed by atoms with Crippen LogP contribution in [-0.4, -0.2) is 33.0 Å². The molecule has 0 spiro atoms. The number of carbonyl (C=O) groups is 1. The van der Waals surface area contributed by atoms with Gasteiger partial charge in [-0.05, 0) is 6.92 Å². The first-order valence-electron chi connectivity index (χ1n) is 7.53. The van der Waals surface area contributed by atoms with E-state index in [0.717, 1.165) is 27.0 Å². The molecule has 1 fully saturated rings. The molecule has 2 aliphatic heterocycles. The standard InChI is InChI=1S/C16H17N4OS3/c1-9-12(8-22-15-13(17)14(21)20(9)15)24-16-18-11(7-23-16)10-3-5-19(2)6-4-10/h3-7,13,15H,8,17H2,1-2H3/q+1/t13-,15-/m1/s1. The van der Waals surface area contributed by atoms with E-state index in [1.807, 2.05) is 35.8 Å². The van der Waals surface area contributed by atoms with Gasteiger partial charge >= 0.3 is 0 Å². The first-order valence-corrected chi connectivity index (χ1v) is 10.3. The first kappa shape index (κ1) is 16.1. The van der Waals surface area contributed by atoms with Crippen LogP contribution in [0.15, 0.2) is 44.8 Å². The molecule has 0 unspecified atom stereocenters. The van der Waals surface area contributed by atoms with E-state index in [-0.39, 0.29) is 17.3 Å². The van der Waals surface area contributed by atoms with Gasteiger partial charge in [-0.15, -0.1) is 23.1 Å². The quantitative estimate of drug-likeness (QED) is 0.656. The minimum atomic E-state index is -0.345. The van der Waals surface area contributed by atoms with Crippen molar-refractivity contribution in [1.82, 2.24) is 9.88 Å². The zero-order valence-electron chi connectivity index (χ0n) is 13.3. The van der Waals surface area contributed by atoms with Gasteiger partial charge in [-0.3, -0.25) is 9.69 Å². The molecule has 1 saturated heterocycles. The Morgan fingerprint density at radius 1 is 1.42 bits per heavy atom. The smallest absolute Gasteiger partial charge is 0.247 e. The summed E-state index contributed by atoms with van der Waals surface area (Å²) in [7, 11) is 2.00. The topological polar surface area (TPSA) is 63.1 Å². The molecule has 4 rings (SSSR count). The van der Waals surface area contributed by atoms with Crippen molar-refractivity contribution < 1.29 is 9.36 Å². The van der Waals surface area contributed by atoms with Gasteiger partial charge < -0.3 is 5.73 Å². The van der Waals surface area contributed by atoms with E-state index in [1.165, 1.54) is 4.91 Å². The molecule has 4 heterocycles. The maximum atomic E-state index is 11.9. The number of nitrogens with zero attached hydrogens (tertiary/aromatic N) is 3. The summed E-state index contributed by atoms with van der Waals surface area (Å²) in [5, 5.41) is 2.19. The van der Waals surface area contributed by atoms with Crippen molar-refractivity contribution in [2.45, 2.75) is 22.7 Å². The van der Waals surface area contributed by atoms with Crippen LogP contribution in [0.4, 0.5) is 0 Å². The third-order valence-corrected chi connectivity index (χ3v) is 7.81. The highest BCUT2D eigenvalue weighted by atomic mass is 32.2. The van der Waals surface area contributed by atoms with E-state index in [1.54, 1.807) is 34.9 Å². The van der Waals surface area contributed by atoms with E-state index in [2.05, 4.69) is 17.5 Å². The molecule has 0 saturated carbocycles. The van der Waals surface area contributed by atoms with Crippen LogP contribution in [0.3, 0.4) is 0 Å². The van der Waals surface area contributed by atoms with Crippen LogP contribution in [0.1, 0.15) is 6.92 Å². The summed E-state index contributed by atoms with van der Waals surface area (Å²) in [5.41, 5.74) is 8.99. The average molecular weight is 378 g/mol. The molecule has 0 bridgehead atoms. The molecule has 2 N–H and O–H groups in total. The number of carbonyl (C=O) groups excluding carboxylic acids is 1. The van der Waals surface area contributed by atoms with Crippen molar-refractivity contribution in [3.63, 3.8) is 0 Å². The molecule has 24 heavy (non-hydrogen) atoms. The summed E-state index contributed by atoms with van der Waals surface area (Å²) in [6.07, 6.45) is 4.04. The van der Waals surface area contributed by atoms with Crippen LogP contribution in [0.25, 0.3) is 11.3 Å². The van der Waals surface area contributed by atoms with Gasteiger partial charge in [0.15, 0.2) is 16.7 Å². The largest absolute Gasteiger partial charge is 0.317 e. The van der Waals surface area contributed by atoms with Crippen LogP contribution in [0, 0.1) is 0 Å². The fraction of sp³-hybridized carbons (Fsp3) is 0.312. The summed E-state index contributed by atoms with van der Waals surface area (Å²) in [6, 6.07) is 3.78. The van der Waals surface area contributed by atoms with Gasteiger partial charge in [-0.2, -0.15) is 0 Å². The lowest BCUT2D eigenvalue weighted by molar-refractivity contribution is -0.671.